The molecule has 192 valence electrons. The van der Waals surface area contributed by atoms with E-state index in [-0.39, 0.29) is 33.7 Å². The third kappa shape index (κ3) is 5.37. The van der Waals surface area contributed by atoms with Gasteiger partial charge in [-0.15, -0.1) is 0 Å². The van der Waals surface area contributed by atoms with E-state index in [1.165, 1.54) is 17.0 Å². The summed E-state index contributed by atoms with van der Waals surface area (Å²) in [4.78, 5) is 52.7. The Morgan fingerprint density at radius 3 is 2.56 bits per heavy atom. The van der Waals surface area contributed by atoms with Gasteiger partial charge in [0.05, 0.1) is 16.5 Å². The highest BCUT2D eigenvalue weighted by Gasteiger charge is 2.56. The number of benzene rings is 1. The molecule has 1 saturated heterocycles. The molecular formula is C22H21BrF3N5O5. The lowest BCUT2D eigenvalue weighted by Gasteiger charge is -2.22. The number of aryl methyl sites for hydroxylation is 1. The van der Waals surface area contributed by atoms with Gasteiger partial charge >= 0.3 is 6.18 Å². The van der Waals surface area contributed by atoms with Gasteiger partial charge in [-0.2, -0.15) is 13.2 Å². The Balaban J connectivity index is 1.64. The molecule has 2 aromatic rings. The molecule has 1 aliphatic heterocycles. The van der Waals surface area contributed by atoms with Gasteiger partial charge < -0.3 is 20.5 Å². The zero-order valence-corrected chi connectivity index (χ0v) is 20.5. The second kappa shape index (κ2) is 9.22. The summed E-state index contributed by atoms with van der Waals surface area (Å²) >= 11 is 3.07. The minimum atomic E-state index is -4.66. The molecule has 10 nitrogen and oxygen atoms in total. The molecule has 2 fully saturated rings. The number of nitrogens with one attached hydrogen (secondary N) is 3. The normalized spacial score (nSPS) is 18.2. The Labute approximate surface area is 210 Å². The summed E-state index contributed by atoms with van der Waals surface area (Å²) in [7, 11) is 0. The Hall–Kier alpha value is -3.42. The number of hydrogen-bond donors (Lipinski definition) is 3. The van der Waals surface area contributed by atoms with Crippen LogP contribution in [0.1, 0.15) is 39.3 Å². The monoisotopic (exact) mass is 571 g/mol. The van der Waals surface area contributed by atoms with Gasteiger partial charge in [0.2, 0.25) is 5.56 Å². The first kappa shape index (κ1) is 25.7. The van der Waals surface area contributed by atoms with Gasteiger partial charge in [0.15, 0.2) is 0 Å². The molecule has 1 aromatic carbocycles. The number of nitrogens with zero attached hydrogens (tertiary/aromatic N) is 2. The summed E-state index contributed by atoms with van der Waals surface area (Å²) in [5.74, 6) is -1.51. The Kier molecular flexibility index (Phi) is 6.58. The number of carbonyl (C=O) groups is 2. The zero-order valence-electron chi connectivity index (χ0n) is 18.9. The van der Waals surface area contributed by atoms with Crippen molar-refractivity contribution in [2.24, 2.45) is 5.41 Å². The maximum Gasteiger partial charge on any atom is 0.405 e. The smallest absolute Gasteiger partial charge is 0.374 e. The number of nitro groups is 1. The van der Waals surface area contributed by atoms with Crippen LogP contribution < -0.4 is 16.2 Å². The van der Waals surface area contributed by atoms with Crippen molar-refractivity contribution < 1.29 is 27.7 Å². The van der Waals surface area contributed by atoms with E-state index in [0.29, 0.717) is 25.1 Å². The van der Waals surface area contributed by atoms with Crippen molar-refractivity contribution in [2.45, 2.75) is 32.0 Å². The highest BCUT2D eigenvalue weighted by molar-refractivity contribution is 9.10. The van der Waals surface area contributed by atoms with Gasteiger partial charge in [0, 0.05) is 46.4 Å². The van der Waals surface area contributed by atoms with Gasteiger partial charge in [-0.1, -0.05) is 15.9 Å². The average molecular weight is 572 g/mol. The molecule has 0 unspecified atom stereocenters. The van der Waals surface area contributed by atoms with E-state index < -0.39 is 46.3 Å². The van der Waals surface area contributed by atoms with Crippen molar-refractivity contribution in [3.63, 3.8) is 0 Å². The standard InChI is InChI=1S/C22H21BrF3N5O5/c1-11-4-12(5-17(32)28-11)20(34)30-8-16(21(10-30)2-3-21)29-18-14(19(33)27-9-22(24,25)26)6-13(23)7-15(18)31(35)36/h4-7,16,29H,2-3,8-10H2,1H3,(H,27,33)(H,28,32)/t16-/m0/s1. The third-order valence-electron chi connectivity index (χ3n) is 6.34. The fourth-order valence-corrected chi connectivity index (χ4v) is 4.94. The Morgan fingerprint density at radius 2 is 1.97 bits per heavy atom. The minimum Gasteiger partial charge on any atom is -0.374 e. The fraction of sp³-hybridized carbons (Fsp3) is 0.409. The number of halogens is 4. The lowest BCUT2D eigenvalue weighted by atomic mass is 9.99. The Bertz CT molecular complexity index is 1310. The second-order valence-electron chi connectivity index (χ2n) is 9.06. The van der Waals surface area contributed by atoms with Crippen LogP contribution in [-0.4, -0.2) is 58.5 Å². The van der Waals surface area contributed by atoms with Crippen LogP contribution in [0.3, 0.4) is 0 Å². The first-order valence-corrected chi connectivity index (χ1v) is 11.7. The number of amides is 2. The summed E-state index contributed by atoms with van der Waals surface area (Å²) in [6, 6.07) is 4.60. The van der Waals surface area contributed by atoms with Crippen LogP contribution >= 0.6 is 15.9 Å². The predicted molar refractivity (Wildman–Crippen MR) is 126 cm³/mol. The first-order valence-electron chi connectivity index (χ1n) is 10.9. The quantitative estimate of drug-likeness (QED) is 0.359. The van der Waals surface area contributed by atoms with E-state index in [0.717, 1.165) is 6.07 Å². The molecule has 4 rings (SSSR count). The number of anilines is 1. The molecule has 0 bridgehead atoms. The molecule has 14 heteroatoms. The van der Waals surface area contributed by atoms with Crippen molar-refractivity contribution >= 4 is 39.1 Å². The van der Waals surface area contributed by atoms with Crippen molar-refractivity contribution in [1.82, 2.24) is 15.2 Å². The maximum atomic E-state index is 13.1. The molecule has 1 aromatic heterocycles. The van der Waals surface area contributed by atoms with Gasteiger partial charge in [-0.05, 0) is 31.9 Å². The second-order valence-corrected chi connectivity index (χ2v) is 9.98. The van der Waals surface area contributed by atoms with E-state index in [9.17, 15) is 37.7 Å². The molecule has 2 amide bonds. The van der Waals surface area contributed by atoms with Crippen LogP contribution in [0, 0.1) is 22.5 Å². The summed E-state index contributed by atoms with van der Waals surface area (Å²) in [5.41, 5.74) is -1.16. The summed E-state index contributed by atoms with van der Waals surface area (Å²) in [6.45, 7) is 0.501. The van der Waals surface area contributed by atoms with Crippen LogP contribution in [0.2, 0.25) is 0 Å². The van der Waals surface area contributed by atoms with Crippen LogP contribution in [0.5, 0.6) is 0 Å². The molecule has 3 N–H and O–H groups in total. The van der Waals surface area contributed by atoms with Crippen LogP contribution in [0.25, 0.3) is 0 Å². The number of aromatic amines is 1. The number of likely N-dealkylation sites (tertiary alicyclic amines) is 1. The van der Waals surface area contributed by atoms with E-state index in [1.54, 1.807) is 18.3 Å². The van der Waals surface area contributed by atoms with Crippen molar-refractivity contribution in [3.8, 4) is 0 Å². The van der Waals surface area contributed by atoms with E-state index >= 15 is 0 Å². The molecule has 36 heavy (non-hydrogen) atoms. The number of alkyl halides is 3. The molecule has 0 radical (unpaired) electrons. The summed E-state index contributed by atoms with van der Waals surface area (Å²) in [5, 5.41) is 16.5. The molecule has 1 saturated carbocycles. The first-order chi connectivity index (χ1) is 16.8. The number of rotatable bonds is 6. The number of pyridine rings is 1. The number of H-pyrrole nitrogens is 1. The largest absolute Gasteiger partial charge is 0.405 e. The molecule has 1 spiro atoms. The lowest BCUT2D eigenvalue weighted by molar-refractivity contribution is -0.384. The lowest BCUT2D eigenvalue weighted by Crippen LogP contribution is -2.36. The molecule has 1 atom stereocenters. The van der Waals surface area contributed by atoms with E-state index in [4.69, 9.17) is 0 Å². The van der Waals surface area contributed by atoms with Crippen LogP contribution in [-0.2, 0) is 0 Å². The predicted octanol–water partition coefficient (Wildman–Crippen LogP) is 3.36. The highest BCUT2D eigenvalue weighted by atomic mass is 79.9. The van der Waals surface area contributed by atoms with Crippen LogP contribution in [0.4, 0.5) is 24.5 Å². The molecular weight excluding hydrogens is 551 g/mol. The van der Waals surface area contributed by atoms with Crippen molar-refractivity contribution in [1.29, 1.82) is 0 Å². The molecule has 2 aliphatic rings. The zero-order chi connectivity index (χ0) is 26.4. The van der Waals surface area contributed by atoms with Gasteiger partial charge in [-0.25, -0.2) is 0 Å². The fourth-order valence-electron chi connectivity index (χ4n) is 4.50. The Morgan fingerprint density at radius 1 is 1.28 bits per heavy atom. The average Bonchev–Trinajstić information content (AvgIpc) is 3.46. The topological polar surface area (TPSA) is 137 Å². The van der Waals surface area contributed by atoms with Crippen molar-refractivity contribution in [2.75, 3.05) is 25.0 Å². The van der Waals surface area contributed by atoms with Gasteiger partial charge in [0.25, 0.3) is 17.5 Å². The van der Waals surface area contributed by atoms with Gasteiger partial charge in [0.1, 0.15) is 12.2 Å². The molecule has 1 aliphatic carbocycles. The number of hydrogen-bond acceptors (Lipinski definition) is 6. The highest BCUT2D eigenvalue weighted by Crippen LogP contribution is 2.54. The van der Waals surface area contributed by atoms with E-state index in [1.807, 2.05) is 0 Å². The SMILES string of the molecule is Cc1cc(C(=O)N2C[C@H](Nc3c(C(=O)NCC(F)(F)F)cc(Br)cc3[N+](=O)[O-])C3(CC3)C2)cc(=O)[nH]1. The summed E-state index contributed by atoms with van der Waals surface area (Å²) < 4.78 is 38.1. The van der Waals surface area contributed by atoms with Crippen LogP contribution in [0.15, 0.2) is 33.5 Å². The molecule has 2 heterocycles. The number of aromatic nitrogens is 1. The van der Waals surface area contributed by atoms with Gasteiger partial charge in [-0.3, -0.25) is 24.5 Å². The maximum absolute atomic E-state index is 13.1. The minimum absolute atomic E-state index is 0.126. The number of nitro benzene ring substituents is 1. The third-order valence-corrected chi connectivity index (χ3v) is 6.80. The number of carbonyl (C=O) groups excluding carboxylic acids is 2. The van der Waals surface area contributed by atoms with Crippen molar-refractivity contribution in [3.05, 3.63) is 66.0 Å². The summed E-state index contributed by atoms with van der Waals surface area (Å²) in [6.07, 6.45) is -3.24. The van der Waals surface area contributed by atoms with E-state index in [2.05, 4.69) is 26.2 Å².